The molecule has 0 bridgehead atoms. The first-order chi connectivity index (χ1) is 8.97. The summed E-state index contributed by atoms with van der Waals surface area (Å²) < 4.78 is 4.95. The van der Waals surface area contributed by atoms with Crippen LogP contribution in [0.25, 0.3) is 11.1 Å². The lowest BCUT2D eigenvalue weighted by Gasteiger charge is -2.21. The standard InChI is InChI=1S/C13H20N4O2/c1-8(2)17(3)5-4-15-10-7-11-12(6-9(10)14)19-13(18)16-11/h6-8,15H,4-5,14H2,1-3H3,(H,16,18). The van der Waals surface area contributed by atoms with Crippen LogP contribution in [0.15, 0.2) is 21.3 Å². The molecule has 0 radical (unpaired) electrons. The Hall–Kier alpha value is -1.95. The first kappa shape index (κ1) is 13.5. The topological polar surface area (TPSA) is 87.3 Å². The lowest BCUT2D eigenvalue weighted by molar-refractivity contribution is 0.284. The number of H-pyrrole nitrogens is 1. The summed E-state index contributed by atoms with van der Waals surface area (Å²) >= 11 is 0. The quantitative estimate of drug-likeness (QED) is 0.712. The number of hydrogen-bond acceptors (Lipinski definition) is 5. The summed E-state index contributed by atoms with van der Waals surface area (Å²) in [5, 5.41) is 3.27. The number of nitrogens with one attached hydrogen (secondary N) is 2. The van der Waals surface area contributed by atoms with Crippen LogP contribution in [-0.4, -0.2) is 36.1 Å². The van der Waals surface area contributed by atoms with E-state index >= 15 is 0 Å². The van der Waals surface area contributed by atoms with Crippen molar-refractivity contribution < 1.29 is 4.42 Å². The number of nitrogens with two attached hydrogens (primary N) is 1. The Labute approximate surface area is 111 Å². The lowest BCUT2D eigenvalue weighted by atomic mass is 10.2. The van der Waals surface area contributed by atoms with Gasteiger partial charge in [-0.15, -0.1) is 0 Å². The summed E-state index contributed by atoms with van der Waals surface area (Å²) in [5.41, 5.74) is 8.43. The SMILES string of the molecule is CC(C)N(C)CCNc1cc2[nH]c(=O)oc2cc1N. The zero-order valence-electron chi connectivity index (χ0n) is 11.5. The van der Waals surface area contributed by atoms with Gasteiger partial charge in [0.2, 0.25) is 0 Å². The van der Waals surface area contributed by atoms with Gasteiger partial charge in [-0.25, -0.2) is 4.79 Å². The second-order valence-electron chi connectivity index (χ2n) is 4.95. The van der Waals surface area contributed by atoms with Crippen LogP contribution in [0.1, 0.15) is 13.8 Å². The predicted molar refractivity (Wildman–Crippen MR) is 77.5 cm³/mol. The molecule has 1 aromatic carbocycles. The molecule has 0 atom stereocenters. The zero-order valence-corrected chi connectivity index (χ0v) is 11.5. The van der Waals surface area contributed by atoms with E-state index in [9.17, 15) is 4.79 Å². The van der Waals surface area contributed by atoms with Crippen LogP contribution in [0.2, 0.25) is 0 Å². The molecule has 0 aliphatic heterocycles. The zero-order chi connectivity index (χ0) is 14.0. The summed E-state index contributed by atoms with van der Waals surface area (Å²) in [6.45, 7) is 6.00. The van der Waals surface area contributed by atoms with Gasteiger partial charge in [-0.2, -0.15) is 0 Å². The third-order valence-corrected chi connectivity index (χ3v) is 3.25. The van der Waals surface area contributed by atoms with Crippen molar-refractivity contribution >= 4 is 22.5 Å². The average Bonchev–Trinajstić information content (AvgIpc) is 2.68. The van der Waals surface area contributed by atoms with Gasteiger partial charge in [0.25, 0.3) is 0 Å². The number of aromatic nitrogens is 1. The number of oxazole rings is 1. The summed E-state index contributed by atoms with van der Waals surface area (Å²) in [5.74, 6) is -0.467. The number of aromatic amines is 1. The van der Waals surface area contributed by atoms with Crippen molar-refractivity contribution in [2.75, 3.05) is 31.2 Å². The van der Waals surface area contributed by atoms with E-state index in [2.05, 4.69) is 36.1 Å². The molecule has 4 N–H and O–H groups in total. The van der Waals surface area contributed by atoms with Gasteiger partial charge in [0.1, 0.15) is 0 Å². The Kier molecular flexibility index (Phi) is 3.80. The smallest absolute Gasteiger partial charge is 0.408 e. The van der Waals surface area contributed by atoms with Gasteiger partial charge in [-0.1, -0.05) is 0 Å². The Morgan fingerprint density at radius 3 is 2.89 bits per heavy atom. The minimum Gasteiger partial charge on any atom is -0.408 e. The van der Waals surface area contributed by atoms with Crippen molar-refractivity contribution in [3.05, 3.63) is 22.7 Å². The van der Waals surface area contributed by atoms with Crippen LogP contribution in [-0.2, 0) is 0 Å². The van der Waals surface area contributed by atoms with Crippen molar-refractivity contribution in [1.82, 2.24) is 9.88 Å². The lowest BCUT2D eigenvalue weighted by Crippen LogP contribution is -2.31. The molecule has 104 valence electrons. The molecule has 2 aromatic rings. The summed E-state index contributed by atoms with van der Waals surface area (Å²) in [4.78, 5) is 16.0. The Bertz CT molecular complexity index is 615. The van der Waals surface area contributed by atoms with Gasteiger partial charge in [-0.05, 0) is 27.0 Å². The fourth-order valence-electron chi connectivity index (χ4n) is 1.79. The first-order valence-electron chi connectivity index (χ1n) is 6.34. The Balaban J connectivity index is 2.08. The van der Waals surface area contributed by atoms with Crippen LogP contribution in [0, 0.1) is 0 Å². The monoisotopic (exact) mass is 264 g/mol. The van der Waals surface area contributed by atoms with Crippen molar-refractivity contribution in [1.29, 1.82) is 0 Å². The van der Waals surface area contributed by atoms with Gasteiger partial charge >= 0.3 is 5.76 Å². The van der Waals surface area contributed by atoms with E-state index in [0.29, 0.717) is 22.8 Å². The molecular weight excluding hydrogens is 244 g/mol. The van der Waals surface area contributed by atoms with Gasteiger partial charge in [0, 0.05) is 25.2 Å². The maximum absolute atomic E-state index is 11.1. The van der Waals surface area contributed by atoms with Crippen LogP contribution in [0.3, 0.4) is 0 Å². The van der Waals surface area contributed by atoms with E-state index in [4.69, 9.17) is 10.2 Å². The number of nitrogens with zero attached hydrogens (tertiary/aromatic N) is 1. The van der Waals surface area contributed by atoms with Gasteiger partial charge < -0.3 is 20.4 Å². The molecule has 0 amide bonds. The van der Waals surface area contributed by atoms with Crippen LogP contribution < -0.4 is 16.8 Å². The molecule has 1 heterocycles. The van der Waals surface area contributed by atoms with Crippen molar-refractivity contribution in [3.8, 4) is 0 Å². The summed E-state index contributed by atoms with van der Waals surface area (Å²) in [6.07, 6.45) is 0. The second kappa shape index (κ2) is 5.36. The molecule has 19 heavy (non-hydrogen) atoms. The fourth-order valence-corrected chi connectivity index (χ4v) is 1.79. The van der Waals surface area contributed by atoms with Crippen LogP contribution >= 0.6 is 0 Å². The highest BCUT2D eigenvalue weighted by atomic mass is 16.4. The molecule has 6 heteroatoms. The number of benzene rings is 1. The molecular formula is C13H20N4O2. The molecule has 0 fully saturated rings. The number of anilines is 2. The van der Waals surface area contributed by atoms with Gasteiger partial charge in [0.05, 0.1) is 16.9 Å². The van der Waals surface area contributed by atoms with Crippen molar-refractivity contribution in [2.24, 2.45) is 0 Å². The molecule has 0 aliphatic carbocycles. The minimum atomic E-state index is -0.467. The van der Waals surface area contributed by atoms with E-state index in [1.807, 2.05) is 0 Å². The highest BCUT2D eigenvalue weighted by Crippen LogP contribution is 2.24. The number of fused-ring (bicyclic) bond motifs is 1. The van der Waals surface area contributed by atoms with Crippen LogP contribution in [0.5, 0.6) is 0 Å². The normalized spacial score (nSPS) is 11.6. The third kappa shape index (κ3) is 3.08. The summed E-state index contributed by atoms with van der Waals surface area (Å²) in [7, 11) is 2.08. The van der Waals surface area contributed by atoms with E-state index < -0.39 is 5.76 Å². The largest absolute Gasteiger partial charge is 0.417 e. The Morgan fingerprint density at radius 2 is 2.21 bits per heavy atom. The first-order valence-corrected chi connectivity index (χ1v) is 6.34. The maximum Gasteiger partial charge on any atom is 0.417 e. The predicted octanol–water partition coefficient (Wildman–Crippen LogP) is 1.46. The average molecular weight is 264 g/mol. The van der Waals surface area contributed by atoms with E-state index in [-0.39, 0.29) is 0 Å². The number of hydrogen-bond donors (Lipinski definition) is 3. The van der Waals surface area contributed by atoms with Crippen molar-refractivity contribution in [2.45, 2.75) is 19.9 Å². The third-order valence-electron chi connectivity index (χ3n) is 3.25. The molecule has 0 spiro atoms. The maximum atomic E-state index is 11.1. The van der Waals surface area contributed by atoms with Crippen molar-refractivity contribution in [3.63, 3.8) is 0 Å². The minimum absolute atomic E-state index is 0.467. The number of rotatable bonds is 5. The van der Waals surface area contributed by atoms with E-state index in [1.54, 1.807) is 12.1 Å². The van der Waals surface area contributed by atoms with Crippen LogP contribution in [0.4, 0.5) is 11.4 Å². The Morgan fingerprint density at radius 1 is 1.47 bits per heavy atom. The van der Waals surface area contributed by atoms with Gasteiger partial charge in [-0.3, -0.25) is 4.98 Å². The highest BCUT2D eigenvalue weighted by Gasteiger charge is 2.07. The molecule has 0 unspecified atom stereocenters. The van der Waals surface area contributed by atoms with Gasteiger partial charge in [0.15, 0.2) is 5.58 Å². The molecule has 0 saturated heterocycles. The highest BCUT2D eigenvalue weighted by molar-refractivity contribution is 5.85. The second-order valence-corrected chi connectivity index (χ2v) is 4.95. The molecule has 2 rings (SSSR count). The molecule has 6 nitrogen and oxygen atoms in total. The molecule has 0 aliphatic rings. The number of likely N-dealkylation sites (N-methyl/N-ethyl adjacent to an activating group) is 1. The fraction of sp³-hybridized carbons (Fsp3) is 0.462. The number of nitrogen functional groups attached to an aromatic ring is 1. The summed E-state index contributed by atoms with van der Waals surface area (Å²) in [6, 6.07) is 3.96. The molecule has 1 aromatic heterocycles. The van der Waals surface area contributed by atoms with E-state index in [0.717, 1.165) is 18.8 Å². The van der Waals surface area contributed by atoms with E-state index in [1.165, 1.54) is 0 Å². The molecule has 0 saturated carbocycles.